The summed E-state index contributed by atoms with van der Waals surface area (Å²) in [4.78, 5) is 23.2. The predicted molar refractivity (Wildman–Crippen MR) is 66.1 cm³/mol. The minimum atomic E-state index is -0.931. The number of hydrogen-bond acceptors (Lipinski definition) is 4. The fourth-order valence-electron chi connectivity index (χ4n) is 1.01. The van der Waals surface area contributed by atoms with Crippen molar-refractivity contribution in [3.8, 4) is 0 Å². The lowest BCUT2D eigenvalue weighted by atomic mass is 10.4. The largest absolute Gasteiger partial charge is 0.477 e. The van der Waals surface area contributed by atoms with Crippen LogP contribution in [0.3, 0.4) is 0 Å². The number of carboxylic acids is 1. The SMILES string of the molecule is CSC(C)C(=O)NCc1ccc(C(=O)O)s1. The molecule has 0 saturated heterocycles. The van der Waals surface area contributed by atoms with E-state index in [1.165, 1.54) is 23.1 Å². The average Bonchev–Trinajstić information content (AvgIpc) is 2.73. The van der Waals surface area contributed by atoms with Crippen molar-refractivity contribution in [2.45, 2.75) is 18.7 Å². The summed E-state index contributed by atoms with van der Waals surface area (Å²) in [7, 11) is 0. The molecule has 0 aliphatic carbocycles. The molecule has 0 saturated carbocycles. The molecule has 1 aromatic heterocycles. The van der Waals surface area contributed by atoms with Crippen molar-refractivity contribution in [3.63, 3.8) is 0 Å². The molecule has 0 aliphatic heterocycles. The second-order valence-corrected chi connectivity index (χ2v) is 5.51. The summed E-state index contributed by atoms with van der Waals surface area (Å²) in [6, 6.07) is 3.27. The lowest BCUT2D eigenvalue weighted by Crippen LogP contribution is -2.29. The van der Waals surface area contributed by atoms with E-state index in [4.69, 9.17) is 5.11 Å². The van der Waals surface area contributed by atoms with E-state index in [0.29, 0.717) is 11.4 Å². The van der Waals surface area contributed by atoms with Gasteiger partial charge in [-0.05, 0) is 25.3 Å². The van der Waals surface area contributed by atoms with E-state index >= 15 is 0 Å². The van der Waals surface area contributed by atoms with Gasteiger partial charge in [-0.3, -0.25) is 4.79 Å². The van der Waals surface area contributed by atoms with E-state index in [-0.39, 0.29) is 11.2 Å². The molecule has 0 fully saturated rings. The van der Waals surface area contributed by atoms with Crippen molar-refractivity contribution >= 4 is 35.0 Å². The molecule has 4 nitrogen and oxygen atoms in total. The monoisotopic (exact) mass is 259 g/mol. The number of carboxylic acid groups (broad SMARTS) is 1. The maximum absolute atomic E-state index is 11.4. The second kappa shape index (κ2) is 5.91. The van der Waals surface area contributed by atoms with E-state index in [2.05, 4.69) is 5.32 Å². The summed E-state index contributed by atoms with van der Waals surface area (Å²) >= 11 is 2.66. The third-order valence-corrected chi connectivity index (χ3v) is 4.03. The first-order chi connectivity index (χ1) is 7.54. The van der Waals surface area contributed by atoms with Crippen LogP contribution in [-0.2, 0) is 11.3 Å². The van der Waals surface area contributed by atoms with Gasteiger partial charge in [-0.1, -0.05) is 0 Å². The number of amides is 1. The van der Waals surface area contributed by atoms with Gasteiger partial charge in [0.15, 0.2) is 0 Å². The number of carbonyl (C=O) groups excluding carboxylic acids is 1. The lowest BCUT2D eigenvalue weighted by Gasteiger charge is -2.08. The molecule has 0 aromatic carbocycles. The number of hydrogen-bond donors (Lipinski definition) is 2. The van der Waals surface area contributed by atoms with Crippen LogP contribution in [0.4, 0.5) is 0 Å². The second-order valence-electron chi connectivity index (χ2n) is 3.17. The Labute approximate surface area is 102 Å². The van der Waals surface area contributed by atoms with Crippen molar-refractivity contribution < 1.29 is 14.7 Å². The van der Waals surface area contributed by atoms with Crippen LogP contribution in [0.5, 0.6) is 0 Å². The molecule has 0 radical (unpaired) electrons. The topological polar surface area (TPSA) is 66.4 Å². The van der Waals surface area contributed by atoms with E-state index in [1.807, 2.05) is 13.2 Å². The lowest BCUT2D eigenvalue weighted by molar-refractivity contribution is -0.120. The first-order valence-electron chi connectivity index (χ1n) is 4.67. The molecule has 1 amide bonds. The van der Waals surface area contributed by atoms with Crippen LogP contribution >= 0.6 is 23.1 Å². The van der Waals surface area contributed by atoms with Gasteiger partial charge >= 0.3 is 5.97 Å². The van der Waals surface area contributed by atoms with E-state index in [1.54, 1.807) is 12.1 Å². The van der Waals surface area contributed by atoms with Crippen molar-refractivity contribution in [1.29, 1.82) is 0 Å². The Bertz CT molecular complexity index is 389. The van der Waals surface area contributed by atoms with Gasteiger partial charge in [0.05, 0.1) is 11.8 Å². The van der Waals surface area contributed by atoms with Crippen molar-refractivity contribution in [1.82, 2.24) is 5.32 Å². The zero-order chi connectivity index (χ0) is 12.1. The Hall–Kier alpha value is -1.01. The van der Waals surface area contributed by atoms with Crippen molar-refractivity contribution in [2.24, 2.45) is 0 Å². The Morgan fingerprint density at radius 2 is 2.25 bits per heavy atom. The minimum Gasteiger partial charge on any atom is -0.477 e. The highest BCUT2D eigenvalue weighted by molar-refractivity contribution is 7.99. The van der Waals surface area contributed by atoms with Gasteiger partial charge in [0.1, 0.15) is 4.88 Å². The zero-order valence-corrected chi connectivity index (χ0v) is 10.7. The number of thiophene rings is 1. The molecule has 6 heteroatoms. The van der Waals surface area contributed by atoms with E-state index in [9.17, 15) is 9.59 Å². The van der Waals surface area contributed by atoms with Crippen LogP contribution in [0.1, 0.15) is 21.5 Å². The number of aromatic carboxylic acids is 1. The van der Waals surface area contributed by atoms with Gasteiger partial charge < -0.3 is 10.4 Å². The normalized spacial score (nSPS) is 12.1. The summed E-state index contributed by atoms with van der Waals surface area (Å²) in [5, 5.41) is 11.4. The Balaban J connectivity index is 2.48. The molecule has 2 N–H and O–H groups in total. The average molecular weight is 259 g/mol. The quantitative estimate of drug-likeness (QED) is 0.846. The van der Waals surface area contributed by atoms with Crippen LogP contribution in [0, 0.1) is 0 Å². The maximum atomic E-state index is 11.4. The highest BCUT2D eigenvalue weighted by atomic mass is 32.2. The molecule has 1 atom stereocenters. The van der Waals surface area contributed by atoms with E-state index < -0.39 is 5.97 Å². The summed E-state index contributed by atoms with van der Waals surface area (Å²) in [6.07, 6.45) is 1.87. The van der Waals surface area contributed by atoms with Gasteiger partial charge in [0.2, 0.25) is 5.91 Å². The smallest absolute Gasteiger partial charge is 0.345 e. The third-order valence-electron chi connectivity index (χ3n) is 2.03. The highest BCUT2D eigenvalue weighted by Gasteiger charge is 2.11. The first kappa shape index (κ1) is 13.1. The summed E-state index contributed by atoms with van der Waals surface area (Å²) < 4.78 is 0. The van der Waals surface area contributed by atoms with Gasteiger partial charge in [-0.2, -0.15) is 11.8 Å². The maximum Gasteiger partial charge on any atom is 0.345 e. The van der Waals surface area contributed by atoms with Crippen LogP contribution in [0.25, 0.3) is 0 Å². The zero-order valence-electron chi connectivity index (χ0n) is 9.02. The number of carbonyl (C=O) groups is 2. The third kappa shape index (κ3) is 3.53. The van der Waals surface area contributed by atoms with Crippen LogP contribution in [-0.4, -0.2) is 28.5 Å². The van der Waals surface area contributed by atoms with Crippen molar-refractivity contribution in [3.05, 3.63) is 21.9 Å². The molecule has 16 heavy (non-hydrogen) atoms. The predicted octanol–water partition coefficient (Wildman–Crippen LogP) is 1.81. The van der Waals surface area contributed by atoms with Crippen molar-refractivity contribution in [2.75, 3.05) is 6.26 Å². The molecule has 0 spiro atoms. The molecular weight excluding hydrogens is 246 g/mol. The molecule has 88 valence electrons. The van der Waals surface area contributed by atoms with Gasteiger partial charge in [-0.25, -0.2) is 4.79 Å². The van der Waals surface area contributed by atoms with Crippen LogP contribution < -0.4 is 5.32 Å². The minimum absolute atomic E-state index is 0.0298. The highest BCUT2D eigenvalue weighted by Crippen LogP contribution is 2.16. The molecule has 1 heterocycles. The Morgan fingerprint density at radius 3 is 2.75 bits per heavy atom. The summed E-state index contributed by atoms with van der Waals surface area (Å²) in [6.45, 7) is 2.22. The Morgan fingerprint density at radius 1 is 1.56 bits per heavy atom. The fourth-order valence-corrected chi connectivity index (χ4v) is 2.10. The van der Waals surface area contributed by atoms with Crippen LogP contribution in [0.15, 0.2) is 12.1 Å². The summed E-state index contributed by atoms with van der Waals surface area (Å²) in [5.74, 6) is -0.960. The van der Waals surface area contributed by atoms with Gasteiger partial charge in [-0.15, -0.1) is 11.3 Å². The van der Waals surface area contributed by atoms with Gasteiger partial charge in [0.25, 0.3) is 0 Å². The number of rotatable bonds is 5. The molecule has 1 unspecified atom stereocenters. The van der Waals surface area contributed by atoms with E-state index in [0.717, 1.165) is 4.88 Å². The van der Waals surface area contributed by atoms with Crippen LogP contribution in [0.2, 0.25) is 0 Å². The molecule has 1 aromatic rings. The number of nitrogens with one attached hydrogen (secondary N) is 1. The molecule has 0 aliphatic rings. The molecular formula is C10H13NO3S2. The molecule has 1 rings (SSSR count). The standard InChI is InChI=1S/C10H13NO3S2/c1-6(15-2)9(12)11-5-7-3-4-8(16-7)10(13)14/h3-4,6H,5H2,1-2H3,(H,11,12)(H,13,14). The van der Waals surface area contributed by atoms with Gasteiger partial charge in [0, 0.05) is 4.88 Å². The number of thioether (sulfide) groups is 1. The first-order valence-corrected chi connectivity index (χ1v) is 6.77. The fraction of sp³-hybridized carbons (Fsp3) is 0.400. The summed E-state index contributed by atoms with van der Waals surface area (Å²) in [5.41, 5.74) is 0. The Kier molecular flexibility index (Phi) is 4.82. The molecule has 0 bridgehead atoms.